The van der Waals surface area contributed by atoms with Crippen molar-refractivity contribution in [3.05, 3.63) is 119 Å². The Hall–Kier alpha value is -4.10. The summed E-state index contributed by atoms with van der Waals surface area (Å²) in [6, 6.07) is 23.6. The number of benzene rings is 4. The number of anilines is 3. The summed E-state index contributed by atoms with van der Waals surface area (Å²) in [6.45, 7) is 0. The van der Waals surface area contributed by atoms with Crippen LogP contribution in [0.3, 0.4) is 0 Å². The maximum atomic E-state index is 14.5. The van der Waals surface area contributed by atoms with Crippen LogP contribution in [0, 0.1) is 23.3 Å². The lowest BCUT2D eigenvalue weighted by molar-refractivity contribution is -0.143. The lowest BCUT2D eigenvalue weighted by Gasteiger charge is -2.19. The SMILES string of the molecule is O=C(Nc1c(F)c(F)c(C(F)(F)F)c(F)c1F)C(Sc1cccc(NC(=S)Nc2ccccc2)c1)c1ccccc1. The van der Waals surface area contributed by atoms with E-state index in [1.807, 2.05) is 30.3 Å². The average molecular weight is 610 g/mol. The van der Waals surface area contributed by atoms with Crippen molar-refractivity contribution in [3.8, 4) is 0 Å². The van der Waals surface area contributed by atoms with E-state index in [-0.39, 0.29) is 5.11 Å². The number of thioether (sulfide) groups is 1. The van der Waals surface area contributed by atoms with Crippen LogP contribution in [0.15, 0.2) is 89.8 Å². The molecule has 1 amide bonds. The van der Waals surface area contributed by atoms with Crippen LogP contribution < -0.4 is 16.0 Å². The first-order chi connectivity index (χ1) is 19.5. The molecule has 41 heavy (non-hydrogen) atoms. The first-order valence-corrected chi connectivity index (χ1v) is 12.9. The molecule has 4 nitrogen and oxygen atoms in total. The zero-order valence-electron chi connectivity index (χ0n) is 20.5. The van der Waals surface area contributed by atoms with Gasteiger partial charge in [0.15, 0.2) is 28.4 Å². The van der Waals surface area contributed by atoms with E-state index in [1.165, 1.54) is 12.1 Å². The third-order valence-corrected chi connectivity index (χ3v) is 6.97. The maximum Gasteiger partial charge on any atom is 0.422 e. The molecule has 1 atom stereocenters. The van der Waals surface area contributed by atoms with Crippen molar-refractivity contribution < 1.29 is 35.5 Å². The molecule has 0 aliphatic rings. The van der Waals surface area contributed by atoms with Crippen molar-refractivity contribution >= 4 is 52.1 Å². The Labute approximate surface area is 239 Å². The van der Waals surface area contributed by atoms with E-state index in [0.29, 0.717) is 16.1 Å². The molecule has 4 aromatic rings. The summed E-state index contributed by atoms with van der Waals surface area (Å²) in [5.41, 5.74) is -2.80. The monoisotopic (exact) mass is 609 g/mol. The van der Waals surface area contributed by atoms with E-state index in [9.17, 15) is 35.5 Å². The zero-order valence-corrected chi connectivity index (χ0v) is 22.2. The van der Waals surface area contributed by atoms with E-state index in [4.69, 9.17) is 12.2 Å². The van der Waals surface area contributed by atoms with Crippen LogP contribution in [-0.4, -0.2) is 11.0 Å². The fourth-order valence-electron chi connectivity index (χ4n) is 3.68. The molecule has 0 saturated heterocycles. The fraction of sp³-hybridized carbons (Fsp3) is 0.0714. The Morgan fingerprint density at radius 1 is 0.707 bits per heavy atom. The Balaban J connectivity index is 1.60. The van der Waals surface area contributed by atoms with Gasteiger partial charge in [-0.2, -0.15) is 13.2 Å². The van der Waals surface area contributed by atoms with Gasteiger partial charge in [0.05, 0.1) is 0 Å². The third kappa shape index (κ3) is 7.16. The Morgan fingerprint density at radius 2 is 1.24 bits per heavy atom. The Kier molecular flexibility index (Phi) is 9.18. The molecule has 0 aromatic heterocycles. The minimum atomic E-state index is -5.71. The van der Waals surface area contributed by atoms with E-state index in [2.05, 4.69) is 10.6 Å². The highest BCUT2D eigenvalue weighted by Crippen LogP contribution is 2.41. The standard InChI is InChI=1S/C28H18F7N3OS2/c29-20-19(28(33,34)35)21(30)23(32)24(22(20)31)38-26(39)25(15-8-3-1-4-9-15)41-18-13-7-12-17(14-18)37-27(40)36-16-10-5-2-6-11-16/h1-14,25H,(H,38,39)(H2,36,37,40). The molecule has 1 unspecified atom stereocenters. The first kappa shape index (κ1) is 29.9. The van der Waals surface area contributed by atoms with Crippen LogP contribution in [0.4, 0.5) is 47.8 Å². The number of hydrogen-bond acceptors (Lipinski definition) is 3. The van der Waals surface area contributed by atoms with Crippen LogP contribution in [0.1, 0.15) is 16.4 Å². The summed E-state index contributed by atoms with van der Waals surface area (Å²) >= 11 is 6.24. The van der Waals surface area contributed by atoms with Crippen LogP contribution >= 0.6 is 24.0 Å². The molecule has 0 heterocycles. The molecule has 0 aliphatic carbocycles. The average Bonchev–Trinajstić information content (AvgIpc) is 2.93. The highest BCUT2D eigenvalue weighted by Gasteiger charge is 2.42. The van der Waals surface area contributed by atoms with Gasteiger partial charge in [0, 0.05) is 16.3 Å². The maximum absolute atomic E-state index is 14.5. The van der Waals surface area contributed by atoms with Crippen molar-refractivity contribution in [1.29, 1.82) is 0 Å². The van der Waals surface area contributed by atoms with Gasteiger partial charge in [0.25, 0.3) is 0 Å². The molecule has 0 radical (unpaired) electrons. The smallest absolute Gasteiger partial charge is 0.332 e. The molecule has 0 spiro atoms. The number of rotatable bonds is 7. The quantitative estimate of drug-likeness (QED) is 0.0849. The number of para-hydroxylation sites is 1. The molecule has 0 saturated carbocycles. The second-order valence-electron chi connectivity index (χ2n) is 8.37. The molecule has 13 heteroatoms. The lowest BCUT2D eigenvalue weighted by Crippen LogP contribution is -2.23. The lowest BCUT2D eigenvalue weighted by atomic mass is 10.1. The summed E-state index contributed by atoms with van der Waals surface area (Å²) in [7, 11) is 0. The van der Waals surface area contributed by atoms with Gasteiger partial charge in [-0.05, 0) is 48.1 Å². The van der Waals surface area contributed by atoms with E-state index in [1.54, 1.807) is 47.8 Å². The van der Waals surface area contributed by atoms with Gasteiger partial charge >= 0.3 is 6.18 Å². The molecule has 4 aromatic carbocycles. The zero-order chi connectivity index (χ0) is 29.7. The normalized spacial score (nSPS) is 12.0. The second kappa shape index (κ2) is 12.6. The van der Waals surface area contributed by atoms with E-state index >= 15 is 0 Å². The van der Waals surface area contributed by atoms with E-state index < -0.39 is 51.9 Å². The third-order valence-electron chi connectivity index (χ3n) is 5.51. The number of halogens is 7. The molecule has 0 bridgehead atoms. The van der Waals surface area contributed by atoms with Crippen LogP contribution in [-0.2, 0) is 11.0 Å². The van der Waals surface area contributed by atoms with Crippen LogP contribution in [0.5, 0.6) is 0 Å². The van der Waals surface area contributed by atoms with Crippen molar-refractivity contribution in [1.82, 2.24) is 0 Å². The second-order valence-corrected chi connectivity index (χ2v) is 9.96. The van der Waals surface area contributed by atoms with Crippen molar-refractivity contribution in [2.75, 3.05) is 16.0 Å². The number of nitrogens with one attached hydrogen (secondary N) is 3. The minimum Gasteiger partial charge on any atom is -0.332 e. The fourth-order valence-corrected chi connectivity index (χ4v) is 5.00. The molecule has 3 N–H and O–H groups in total. The molecular formula is C28H18F7N3OS2. The molecule has 212 valence electrons. The van der Waals surface area contributed by atoms with Gasteiger partial charge in [0.1, 0.15) is 16.5 Å². The number of amides is 1. The molecule has 4 rings (SSSR count). The van der Waals surface area contributed by atoms with Crippen LogP contribution in [0.2, 0.25) is 0 Å². The summed E-state index contributed by atoms with van der Waals surface area (Å²) < 4.78 is 96.1. The van der Waals surface area contributed by atoms with Crippen molar-refractivity contribution in [3.63, 3.8) is 0 Å². The van der Waals surface area contributed by atoms with E-state index in [0.717, 1.165) is 17.4 Å². The topological polar surface area (TPSA) is 53.2 Å². The predicted molar refractivity (Wildman–Crippen MR) is 148 cm³/mol. The number of carbonyl (C=O) groups excluding carboxylic acids is 1. The highest BCUT2D eigenvalue weighted by molar-refractivity contribution is 8.00. The highest BCUT2D eigenvalue weighted by atomic mass is 32.2. The molecule has 0 fully saturated rings. The summed E-state index contributed by atoms with van der Waals surface area (Å²) in [6.07, 6.45) is -5.71. The molecule has 0 aliphatic heterocycles. The Morgan fingerprint density at radius 3 is 1.83 bits per heavy atom. The van der Waals surface area contributed by atoms with Crippen LogP contribution in [0.25, 0.3) is 0 Å². The van der Waals surface area contributed by atoms with Gasteiger partial charge in [-0.25, -0.2) is 17.6 Å². The number of alkyl halides is 3. The van der Waals surface area contributed by atoms with Gasteiger partial charge in [-0.3, -0.25) is 4.79 Å². The number of thiocarbonyl (C=S) groups is 1. The summed E-state index contributed by atoms with van der Waals surface area (Å²) in [5, 5.41) is 6.75. The minimum absolute atomic E-state index is 0.271. The van der Waals surface area contributed by atoms with Gasteiger partial charge in [0.2, 0.25) is 5.91 Å². The van der Waals surface area contributed by atoms with Gasteiger partial charge in [-0.1, -0.05) is 54.6 Å². The first-order valence-electron chi connectivity index (χ1n) is 11.6. The molecular weight excluding hydrogens is 591 g/mol. The van der Waals surface area contributed by atoms with Crippen molar-refractivity contribution in [2.24, 2.45) is 0 Å². The Bertz CT molecular complexity index is 1540. The number of hydrogen-bond donors (Lipinski definition) is 3. The van der Waals surface area contributed by atoms with Gasteiger partial charge < -0.3 is 16.0 Å². The summed E-state index contributed by atoms with van der Waals surface area (Å²) in [4.78, 5) is 13.7. The van der Waals surface area contributed by atoms with Crippen molar-refractivity contribution in [2.45, 2.75) is 16.3 Å². The van der Waals surface area contributed by atoms with Gasteiger partial charge in [-0.15, -0.1) is 11.8 Å². The largest absolute Gasteiger partial charge is 0.422 e. The predicted octanol–water partition coefficient (Wildman–Crippen LogP) is 8.54. The number of carbonyl (C=O) groups is 1. The summed E-state index contributed by atoms with van der Waals surface area (Å²) in [5.74, 6) is -11.2.